The van der Waals surface area contributed by atoms with Crippen molar-refractivity contribution in [3.05, 3.63) is 106 Å². The highest BCUT2D eigenvalue weighted by Crippen LogP contribution is 2.38. The summed E-state index contributed by atoms with van der Waals surface area (Å²) in [6, 6.07) is 25.9. The van der Waals surface area contributed by atoms with Crippen LogP contribution in [0.5, 0.6) is 0 Å². The van der Waals surface area contributed by atoms with Crippen LogP contribution in [0.2, 0.25) is 0 Å². The van der Waals surface area contributed by atoms with Crippen LogP contribution in [-0.2, 0) is 6.54 Å². The highest BCUT2D eigenvalue weighted by molar-refractivity contribution is 5.94. The molecule has 0 saturated carbocycles. The van der Waals surface area contributed by atoms with Gasteiger partial charge in [-0.05, 0) is 58.4 Å². The lowest BCUT2D eigenvalue weighted by Crippen LogP contribution is -2.30. The van der Waals surface area contributed by atoms with Gasteiger partial charge in [-0.15, -0.1) is 24.8 Å². The predicted molar refractivity (Wildman–Crippen MR) is 138 cm³/mol. The number of nitrogens with two attached hydrogens (primary N) is 1. The van der Waals surface area contributed by atoms with E-state index in [-0.39, 0.29) is 24.8 Å². The van der Waals surface area contributed by atoms with Gasteiger partial charge in [-0.25, -0.2) is 0 Å². The number of fused-ring (bicyclic) bond motifs is 2. The third kappa shape index (κ3) is 4.88. The summed E-state index contributed by atoms with van der Waals surface area (Å²) in [4.78, 5) is 2.56. The van der Waals surface area contributed by atoms with E-state index < -0.39 is 0 Å². The number of halogens is 2. The first-order valence-electron chi connectivity index (χ1n) is 10.4. The van der Waals surface area contributed by atoms with Crippen LogP contribution in [0.4, 0.5) is 5.69 Å². The lowest BCUT2D eigenvalue weighted by atomic mass is 9.86. The molecule has 3 aromatic rings. The minimum absolute atomic E-state index is 0. The first-order chi connectivity index (χ1) is 14.3. The molecule has 3 aromatic carbocycles. The molecule has 5 rings (SSSR count). The zero-order valence-corrected chi connectivity index (χ0v) is 19.1. The average molecular weight is 451 g/mol. The molecule has 0 radical (unpaired) electrons. The van der Waals surface area contributed by atoms with Crippen molar-refractivity contribution in [2.45, 2.75) is 19.4 Å². The molecule has 0 aromatic heterocycles. The van der Waals surface area contributed by atoms with Gasteiger partial charge in [0.1, 0.15) is 0 Å². The summed E-state index contributed by atoms with van der Waals surface area (Å²) in [5, 5.41) is 0. The summed E-state index contributed by atoms with van der Waals surface area (Å²) >= 11 is 0. The molecule has 1 fully saturated rings. The van der Waals surface area contributed by atoms with Gasteiger partial charge in [0, 0.05) is 25.3 Å². The number of benzene rings is 3. The number of nitrogens with zero attached hydrogens (tertiary/aromatic N) is 1. The van der Waals surface area contributed by atoms with Gasteiger partial charge >= 0.3 is 0 Å². The van der Waals surface area contributed by atoms with Crippen molar-refractivity contribution in [3.63, 3.8) is 0 Å². The lowest BCUT2D eigenvalue weighted by molar-refractivity contribution is 0.248. The monoisotopic (exact) mass is 450 g/mol. The number of hydrogen-bond acceptors (Lipinski definition) is 2. The second kappa shape index (κ2) is 10.2. The molecule has 2 aliphatic rings. The van der Waals surface area contributed by atoms with E-state index in [2.05, 4.69) is 77.7 Å². The van der Waals surface area contributed by atoms with Gasteiger partial charge in [-0.3, -0.25) is 4.90 Å². The third-order valence-electron chi connectivity index (χ3n) is 6.10. The second-order valence-corrected chi connectivity index (χ2v) is 8.00. The van der Waals surface area contributed by atoms with Crippen LogP contribution in [0, 0.1) is 0 Å². The Labute approximate surface area is 197 Å². The Morgan fingerprint density at radius 3 is 1.74 bits per heavy atom. The zero-order valence-electron chi connectivity index (χ0n) is 17.5. The van der Waals surface area contributed by atoms with Crippen molar-refractivity contribution in [2.24, 2.45) is 0 Å². The van der Waals surface area contributed by atoms with Crippen LogP contribution in [0.25, 0.3) is 17.7 Å². The number of likely N-dealkylation sites (tertiary alicyclic amines) is 1. The highest BCUT2D eigenvalue weighted by Gasteiger charge is 2.22. The van der Waals surface area contributed by atoms with Crippen molar-refractivity contribution in [1.29, 1.82) is 0 Å². The molecule has 0 atom stereocenters. The predicted octanol–water partition coefficient (Wildman–Crippen LogP) is 6.69. The van der Waals surface area contributed by atoms with Crippen LogP contribution in [0.15, 0.2) is 78.4 Å². The summed E-state index contributed by atoms with van der Waals surface area (Å²) in [7, 11) is 0. The molecule has 4 heteroatoms. The van der Waals surface area contributed by atoms with Crippen LogP contribution in [-0.4, -0.2) is 18.0 Å². The van der Waals surface area contributed by atoms with Gasteiger partial charge in [0.2, 0.25) is 0 Å². The van der Waals surface area contributed by atoms with Gasteiger partial charge in [0.15, 0.2) is 0 Å². The highest BCUT2D eigenvalue weighted by atomic mass is 35.5. The van der Waals surface area contributed by atoms with E-state index in [0.29, 0.717) is 0 Å². The first-order valence-corrected chi connectivity index (χ1v) is 10.4. The molecule has 2 N–H and O–H groups in total. The molecule has 0 unspecified atom stereocenters. The second-order valence-electron chi connectivity index (χ2n) is 8.00. The van der Waals surface area contributed by atoms with Gasteiger partial charge in [-0.2, -0.15) is 0 Å². The number of piperidine rings is 1. The maximum Gasteiger partial charge on any atom is 0.0314 e. The summed E-state index contributed by atoms with van der Waals surface area (Å²) in [5.41, 5.74) is 16.4. The van der Waals surface area contributed by atoms with E-state index in [9.17, 15) is 0 Å². The van der Waals surface area contributed by atoms with Gasteiger partial charge in [0.05, 0.1) is 0 Å². The molecule has 2 nitrogen and oxygen atoms in total. The topological polar surface area (TPSA) is 29.3 Å². The van der Waals surface area contributed by atoms with Crippen LogP contribution < -0.4 is 5.73 Å². The summed E-state index contributed by atoms with van der Waals surface area (Å²) in [6.07, 6.45) is 6.76. The summed E-state index contributed by atoms with van der Waals surface area (Å²) < 4.78 is 0. The van der Waals surface area contributed by atoms with Crippen molar-refractivity contribution in [1.82, 2.24) is 4.90 Å². The van der Waals surface area contributed by atoms with Crippen molar-refractivity contribution in [2.75, 3.05) is 18.8 Å². The Kier molecular flexibility index (Phi) is 7.61. The molecule has 1 aliphatic carbocycles. The quantitative estimate of drug-likeness (QED) is 0.344. The number of rotatable bonds is 2. The van der Waals surface area contributed by atoms with E-state index >= 15 is 0 Å². The van der Waals surface area contributed by atoms with Gasteiger partial charge in [0.25, 0.3) is 0 Å². The Hall–Kier alpha value is -2.52. The van der Waals surface area contributed by atoms with Crippen molar-refractivity contribution < 1.29 is 0 Å². The first kappa shape index (κ1) is 23.1. The molecule has 1 heterocycles. The molecule has 1 aliphatic heterocycles. The minimum Gasteiger partial charge on any atom is -0.399 e. The molecule has 0 amide bonds. The Morgan fingerprint density at radius 2 is 1.19 bits per heavy atom. The van der Waals surface area contributed by atoms with E-state index in [1.807, 2.05) is 12.1 Å². The van der Waals surface area contributed by atoms with Gasteiger partial charge in [-0.1, -0.05) is 78.4 Å². The Bertz CT molecular complexity index is 1040. The fraction of sp³-hybridized carbons (Fsp3) is 0.185. The average Bonchev–Trinajstić information content (AvgIpc) is 2.93. The molecule has 160 valence electrons. The molecule has 1 saturated heterocycles. The minimum atomic E-state index is 0. The third-order valence-corrected chi connectivity index (χ3v) is 6.10. The van der Waals surface area contributed by atoms with Crippen LogP contribution >= 0.6 is 24.8 Å². The maximum atomic E-state index is 5.83. The number of hydrogen-bond donors (Lipinski definition) is 1. The molecule has 0 bridgehead atoms. The fourth-order valence-corrected chi connectivity index (χ4v) is 4.56. The SMILES string of the molecule is Cl.Cl.Nc1ccc(CN2CCC(=C3c4ccccc4C=Cc4ccccc43)CC2)cc1. The normalized spacial score (nSPS) is 15.2. The zero-order chi connectivity index (χ0) is 19.6. The van der Waals surface area contributed by atoms with Crippen LogP contribution in [0.3, 0.4) is 0 Å². The van der Waals surface area contributed by atoms with Crippen molar-refractivity contribution >= 4 is 48.2 Å². The fourth-order valence-electron chi connectivity index (χ4n) is 4.56. The van der Waals surface area contributed by atoms with Crippen LogP contribution in [0.1, 0.15) is 40.7 Å². The summed E-state index contributed by atoms with van der Waals surface area (Å²) in [5.74, 6) is 0. The van der Waals surface area contributed by atoms with Gasteiger partial charge < -0.3 is 5.73 Å². The molecule has 31 heavy (non-hydrogen) atoms. The smallest absolute Gasteiger partial charge is 0.0314 e. The lowest BCUT2D eigenvalue weighted by Gasteiger charge is -2.30. The van der Waals surface area contributed by atoms with E-state index in [0.717, 1.165) is 38.2 Å². The Balaban J connectivity index is 0.00000136. The number of anilines is 1. The number of nitrogen functional groups attached to an aromatic ring is 1. The Morgan fingerprint density at radius 1 is 0.677 bits per heavy atom. The standard InChI is InChI=1S/C27H26N2.2ClH/c28-24-13-9-20(10-14-24)19-29-17-15-23(16-18-29)27-25-7-3-1-5-21(25)11-12-22-6-2-4-8-26(22)27;;/h1-14H,15-19,28H2;2*1H. The molecular weight excluding hydrogens is 423 g/mol. The molecule has 0 spiro atoms. The van der Waals surface area contributed by atoms with E-state index in [4.69, 9.17) is 5.73 Å². The summed E-state index contributed by atoms with van der Waals surface area (Å²) in [6.45, 7) is 3.19. The molecular formula is C27H28Cl2N2. The van der Waals surface area contributed by atoms with E-state index in [1.165, 1.54) is 33.4 Å². The largest absolute Gasteiger partial charge is 0.399 e. The van der Waals surface area contributed by atoms with Crippen molar-refractivity contribution in [3.8, 4) is 0 Å². The maximum absolute atomic E-state index is 5.83. The van der Waals surface area contributed by atoms with E-state index in [1.54, 1.807) is 5.57 Å².